The fourth-order valence-electron chi connectivity index (χ4n) is 3.49. The SMILES string of the molecule is CCCCCOC(=O)O[C@@H](C)CC(N)(Cc1ccc(OC(=O)OCCC)c(OC(=O)OCCC)c1)C(=O)OC. The van der Waals surface area contributed by atoms with Crippen LogP contribution in [-0.2, 0) is 34.9 Å². The van der Waals surface area contributed by atoms with Crippen LogP contribution >= 0.6 is 0 Å². The van der Waals surface area contributed by atoms with Gasteiger partial charge in [0.2, 0.25) is 0 Å². The molecular formula is C27H41NO11. The molecule has 1 rings (SSSR count). The molecule has 0 bridgehead atoms. The van der Waals surface area contributed by atoms with E-state index in [0.29, 0.717) is 18.4 Å². The number of hydrogen-bond acceptors (Lipinski definition) is 12. The molecule has 0 saturated heterocycles. The Bertz CT molecular complexity index is 936. The number of benzene rings is 1. The van der Waals surface area contributed by atoms with E-state index in [9.17, 15) is 19.2 Å². The first-order valence-corrected chi connectivity index (χ1v) is 13.1. The second-order valence-electron chi connectivity index (χ2n) is 8.94. The molecule has 0 aliphatic rings. The molecule has 0 heterocycles. The third-order valence-corrected chi connectivity index (χ3v) is 5.27. The zero-order chi connectivity index (χ0) is 29.3. The van der Waals surface area contributed by atoms with Gasteiger partial charge < -0.3 is 38.9 Å². The highest BCUT2D eigenvalue weighted by Crippen LogP contribution is 2.31. The van der Waals surface area contributed by atoms with Crippen LogP contribution < -0.4 is 15.2 Å². The zero-order valence-corrected chi connectivity index (χ0v) is 23.4. The normalized spacial score (nSPS) is 12.9. The van der Waals surface area contributed by atoms with Gasteiger partial charge in [-0.05, 0) is 43.9 Å². The maximum atomic E-state index is 12.7. The van der Waals surface area contributed by atoms with Crippen LogP contribution in [0.25, 0.3) is 0 Å². The van der Waals surface area contributed by atoms with Crippen molar-refractivity contribution in [1.82, 2.24) is 0 Å². The van der Waals surface area contributed by atoms with E-state index in [2.05, 4.69) is 0 Å². The Labute approximate surface area is 229 Å². The fourth-order valence-corrected chi connectivity index (χ4v) is 3.49. The van der Waals surface area contributed by atoms with Gasteiger partial charge in [-0.15, -0.1) is 0 Å². The molecule has 220 valence electrons. The highest BCUT2D eigenvalue weighted by molar-refractivity contribution is 5.81. The highest BCUT2D eigenvalue weighted by atomic mass is 16.7. The molecule has 1 aromatic carbocycles. The monoisotopic (exact) mass is 555 g/mol. The Morgan fingerprint density at radius 2 is 1.41 bits per heavy atom. The first-order valence-electron chi connectivity index (χ1n) is 13.1. The van der Waals surface area contributed by atoms with E-state index in [4.69, 9.17) is 38.9 Å². The lowest BCUT2D eigenvalue weighted by Gasteiger charge is -2.29. The number of nitrogens with two attached hydrogens (primary N) is 1. The largest absolute Gasteiger partial charge is 0.513 e. The van der Waals surface area contributed by atoms with Crippen molar-refractivity contribution >= 4 is 24.4 Å². The van der Waals surface area contributed by atoms with Gasteiger partial charge in [0.15, 0.2) is 11.5 Å². The average molecular weight is 556 g/mol. The lowest BCUT2D eigenvalue weighted by atomic mass is 9.86. The van der Waals surface area contributed by atoms with Crippen LogP contribution in [-0.4, -0.2) is 63.0 Å². The van der Waals surface area contributed by atoms with Crippen LogP contribution in [0, 0.1) is 0 Å². The van der Waals surface area contributed by atoms with Crippen LogP contribution in [0.3, 0.4) is 0 Å². The van der Waals surface area contributed by atoms with Crippen molar-refractivity contribution < 1.29 is 52.3 Å². The number of carbonyl (C=O) groups is 4. The van der Waals surface area contributed by atoms with Gasteiger partial charge in [-0.2, -0.15) is 0 Å². The van der Waals surface area contributed by atoms with Crippen LogP contribution in [0.2, 0.25) is 0 Å². The average Bonchev–Trinajstić information content (AvgIpc) is 2.89. The lowest BCUT2D eigenvalue weighted by molar-refractivity contribution is -0.148. The number of hydrogen-bond donors (Lipinski definition) is 1. The molecule has 12 heteroatoms. The van der Waals surface area contributed by atoms with Gasteiger partial charge >= 0.3 is 24.4 Å². The molecule has 39 heavy (non-hydrogen) atoms. The fraction of sp³-hybridized carbons (Fsp3) is 0.630. The van der Waals surface area contributed by atoms with Crippen LogP contribution in [0.15, 0.2) is 18.2 Å². The third-order valence-electron chi connectivity index (χ3n) is 5.27. The minimum atomic E-state index is -1.63. The number of esters is 1. The minimum absolute atomic E-state index is 0.0972. The molecule has 2 atom stereocenters. The summed E-state index contributed by atoms with van der Waals surface area (Å²) >= 11 is 0. The van der Waals surface area contributed by atoms with Gasteiger partial charge in [0, 0.05) is 12.8 Å². The molecule has 0 spiro atoms. The molecule has 12 nitrogen and oxygen atoms in total. The van der Waals surface area contributed by atoms with E-state index in [0.717, 1.165) is 19.3 Å². The summed E-state index contributed by atoms with van der Waals surface area (Å²) in [6, 6.07) is 4.29. The number of carbonyl (C=O) groups excluding carboxylic acids is 4. The van der Waals surface area contributed by atoms with Crippen molar-refractivity contribution in [3.8, 4) is 11.5 Å². The Morgan fingerprint density at radius 3 is 1.97 bits per heavy atom. The number of methoxy groups -OCH3 is 1. The van der Waals surface area contributed by atoms with Crippen LogP contribution in [0.5, 0.6) is 11.5 Å². The molecule has 0 amide bonds. The topological polar surface area (TPSA) is 159 Å². The number of ether oxygens (including phenoxy) is 7. The van der Waals surface area contributed by atoms with Gasteiger partial charge in [-0.3, -0.25) is 4.79 Å². The quantitative estimate of drug-likeness (QED) is 0.125. The number of rotatable bonds is 16. The first kappa shape index (κ1) is 33.5. The molecule has 0 saturated carbocycles. The van der Waals surface area contributed by atoms with Crippen molar-refractivity contribution in [2.75, 3.05) is 26.9 Å². The molecule has 0 aromatic heterocycles. The summed E-state index contributed by atoms with van der Waals surface area (Å²) in [6.45, 7) is 7.75. The van der Waals surface area contributed by atoms with Gasteiger partial charge in [-0.25, -0.2) is 14.4 Å². The maximum Gasteiger partial charge on any atom is 0.513 e. The van der Waals surface area contributed by atoms with Crippen molar-refractivity contribution in [2.24, 2.45) is 5.73 Å². The van der Waals surface area contributed by atoms with Gasteiger partial charge in [-0.1, -0.05) is 39.7 Å². The summed E-state index contributed by atoms with van der Waals surface area (Å²) in [5.41, 5.74) is 5.26. The van der Waals surface area contributed by atoms with E-state index in [1.807, 2.05) is 20.8 Å². The maximum absolute atomic E-state index is 12.7. The summed E-state index contributed by atoms with van der Waals surface area (Å²) in [4.78, 5) is 48.8. The smallest absolute Gasteiger partial charge is 0.468 e. The minimum Gasteiger partial charge on any atom is -0.468 e. The molecule has 1 unspecified atom stereocenters. The predicted molar refractivity (Wildman–Crippen MR) is 140 cm³/mol. The van der Waals surface area contributed by atoms with E-state index in [1.165, 1.54) is 25.3 Å². The molecule has 0 radical (unpaired) electrons. The molecule has 2 N–H and O–H groups in total. The Hall–Kier alpha value is -3.54. The molecular weight excluding hydrogens is 514 g/mol. The molecule has 1 aromatic rings. The highest BCUT2D eigenvalue weighted by Gasteiger charge is 2.38. The van der Waals surface area contributed by atoms with Gasteiger partial charge in [0.25, 0.3) is 0 Å². The second-order valence-corrected chi connectivity index (χ2v) is 8.94. The van der Waals surface area contributed by atoms with Gasteiger partial charge in [0.1, 0.15) is 11.6 Å². The van der Waals surface area contributed by atoms with Crippen LogP contribution in [0.1, 0.15) is 71.8 Å². The lowest BCUT2D eigenvalue weighted by Crippen LogP contribution is -2.53. The third kappa shape index (κ3) is 12.7. The molecule has 0 fully saturated rings. The van der Waals surface area contributed by atoms with Gasteiger partial charge in [0.05, 0.1) is 26.9 Å². The van der Waals surface area contributed by atoms with Crippen molar-refractivity contribution in [1.29, 1.82) is 0 Å². The molecule has 0 aliphatic heterocycles. The van der Waals surface area contributed by atoms with E-state index in [1.54, 1.807) is 6.92 Å². The number of unbranched alkanes of at least 4 members (excludes halogenated alkanes) is 2. The van der Waals surface area contributed by atoms with Crippen molar-refractivity contribution in [2.45, 2.75) is 84.3 Å². The summed E-state index contributed by atoms with van der Waals surface area (Å²) in [5.74, 6) is -0.992. The summed E-state index contributed by atoms with van der Waals surface area (Å²) in [5, 5.41) is 0. The summed E-state index contributed by atoms with van der Waals surface area (Å²) in [7, 11) is 1.19. The summed E-state index contributed by atoms with van der Waals surface area (Å²) < 4.78 is 35.5. The van der Waals surface area contributed by atoms with E-state index in [-0.39, 0.29) is 44.2 Å². The Kier molecular flexibility index (Phi) is 15.3. The van der Waals surface area contributed by atoms with Crippen molar-refractivity contribution in [3.05, 3.63) is 23.8 Å². The van der Waals surface area contributed by atoms with Crippen LogP contribution in [0.4, 0.5) is 14.4 Å². The van der Waals surface area contributed by atoms with Crippen molar-refractivity contribution in [3.63, 3.8) is 0 Å². The first-order chi connectivity index (χ1) is 18.6. The van der Waals surface area contributed by atoms with E-state index >= 15 is 0 Å². The Balaban J connectivity index is 3.10. The summed E-state index contributed by atoms with van der Waals surface area (Å²) in [6.07, 6.45) is -0.0508. The Morgan fingerprint density at radius 1 is 0.821 bits per heavy atom. The standard InChI is InChI=1S/C27H41NO11/c1-6-9-10-15-36-24(30)37-19(4)17-27(28,23(29)33-5)18-20-11-12-21(38-25(31)34-13-7-2)22(16-20)39-26(32)35-14-8-3/h11-12,16,19H,6-10,13-15,17-18,28H2,1-5H3/t19-,27?/m0/s1. The molecule has 0 aliphatic carbocycles. The van der Waals surface area contributed by atoms with E-state index < -0.39 is 36.1 Å². The predicted octanol–water partition coefficient (Wildman–Crippen LogP) is 5.07. The zero-order valence-electron chi connectivity index (χ0n) is 23.4. The second kappa shape index (κ2) is 17.9.